The first-order valence-corrected chi connectivity index (χ1v) is 12.9. The highest BCUT2D eigenvalue weighted by molar-refractivity contribution is 14.1. The summed E-state index contributed by atoms with van der Waals surface area (Å²) in [7, 11) is -2.23. The first-order valence-electron chi connectivity index (χ1n) is 9.55. The summed E-state index contributed by atoms with van der Waals surface area (Å²) in [6.45, 7) is 1.53. The lowest BCUT2D eigenvalue weighted by atomic mass is 10.1. The van der Waals surface area contributed by atoms with Crippen molar-refractivity contribution in [1.29, 1.82) is 0 Å². The molecule has 2 aromatic carbocycles. The van der Waals surface area contributed by atoms with Gasteiger partial charge >= 0.3 is 0 Å². The second-order valence-corrected chi connectivity index (χ2v) is 10.5. The van der Waals surface area contributed by atoms with Crippen LogP contribution in [0, 0.1) is 3.57 Å². The molecule has 10 heteroatoms. The Bertz CT molecular complexity index is 1010. The van der Waals surface area contributed by atoms with Gasteiger partial charge in [-0.05, 0) is 71.0 Å². The Hall–Kier alpha value is -1.85. The lowest BCUT2D eigenvalue weighted by molar-refractivity contribution is -0.140. The van der Waals surface area contributed by atoms with Crippen LogP contribution in [0.15, 0.2) is 48.5 Å². The maximum Gasteiger partial charge on any atom is 0.244 e. The Kier molecular flexibility index (Phi) is 9.14. The van der Waals surface area contributed by atoms with E-state index in [4.69, 9.17) is 11.6 Å². The van der Waals surface area contributed by atoms with E-state index in [9.17, 15) is 18.0 Å². The van der Waals surface area contributed by atoms with Gasteiger partial charge in [0.2, 0.25) is 21.8 Å². The maximum absolute atomic E-state index is 13.3. The topological polar surface area (TPSA) is 86.8 Å². The van der Waals surface area contributed by atoms with E-state index in [1.807, 2.05) is 0 Å². The minimum Gasteiger partial charge on any atom is -0.357 e. The van der Waals surface area contributed by atoms with Gasteiger partial charge in [0.05, 0.1) is 11.9 Å². The van der Waals surface area contributed by atoms with Crippen molar-refractivity contribution < 1.29 is 18.0 Å². The van der Waals surface area contributed by atoms with Crippen LogP contribution in [0.25, 0.3) is 0 Å². The Labute approximate surface area is 201 Å². The Morgan fingerprint density at radius 2 is 1.68 bits per heavy atom. The zero-order chi connectivity index (χ0) is 23.2. The third-order valence-corrected chi connectivity index (χ3v) is 6.80. The molecule has 2 aromatic rings. The van der Waals surface area contributed by atoms with E-state index < -0.39 is 28.5 Å². The molecule has 0 saturated carbocycles. The molecular formula is C21H25ClIN3O4S. The number of rotatable bonds is 9. The molecule has 0 fully saturated rings. The fourth-order valence-electron chi connectivity index (χ4n) is 3.09. The zero-order valence-corrected chi connectivity index (χ0v) is 21.2. The lowest BCUT2D eigenvalue weighted by Crippen LogP contribution is -2.51. The van der Waals surface area contributed by atoms with E-state index >= 15 is 0 Å². The average Bonchev–Trinajstić information content (AvgIpc) is 2.72. The number of benzene rings is 2. The third-order valence-electron chi connectivity index (χ3n) is 4.69. The van der Waals surface area contributed by atoms with Crippen LogP contribution in [0.3, 0.4) is 0 Å². The number of carbonyl (C=O) groups is 2. The summed E-state index contributed by atoms with van der Waals surface area (Å²) in [5, 5.41) is 3.14. The van der Waals surface area contributed by atoms with E-state index in [1.54, 1.807) is 55.5 Å². The molecule has 0 unspecified atom stereocenters. The van der Waals surface area contributed by atoms with Gasteiger partial charge < -0.3 is 10.2 Å². The Morgan fingerprint density at radius 1 is 1.10 bits per heavy atom. The number of sulfonamides is 1. The molecule has 1 N–H and O–H groups in total. The van der Waals surface area contributed by atoms with Crippen molar-refractivity contribution in [2.75, 3.05) is 24.2 Å². The zero-order valence-electron chi connectivity index (χ0n) is 17.5. The number of amides is 2. The standard InChI is InChI=1S/C21H25ClIN3O4S/c1-4-19(21(28)24-2)25(13-15-5-7-16(22)8-6-15)20(27)14-26(31(3,29)30)18-11-9-17(23)10-12-18/h5-12,19H,4,13-14H2,1-3H3,(H,24,28)/t19-/m0/s1. The van der Waals surface area contributed by atoms with Crippen LogP contribution in [-0.2, 0) is 26.2 Å². The van der Waals surface area contributed by atoms with Gasteiger partial charge in [0.15, 0.2) is 0 Å². The van der Waals surface area contributed by atoms with Gasteiger partial charge in [0.1, 0.15) is 12.6 Å². The SMILES string of the molecule is CC[C@@H](C(=O)NC)N(Cc1ccc(Cl)cc1)C(=O)CN(c1ccc(I)cc1)S(C)(=O)=O. The van der Waals surface area contributed by atoms with Crippen LogP contribution in [-0.4, -0.2) is 51.0 Å². The lowest BCUT2D eigenvalue weighted by Gasteiger charge is -2.32. The van der Waals surface area contributed by atoms with E-state index in [0.717, 1.165) is 19.7 Å². The summed E-state index contributed by atoms with van der Waals surface area (Å²) >= 11 is 8.07. The number of hydrogen-bond acceptors (Lipinski definition) is 4. The van der Waals surface area contributed by atoms with Gasteiger partial charge in [0.25, 0.3) is 0 Å². The first kappa shape index (κ1) is 25.4. The normalized spacial score (nSPS) is 12.2. The molecule has 2 rings (SSSR count). The third kappa shape index (κ3) is 7.08. The van der Waals surface area contributed by atoms with Gasteiger partial charge in [-0.15, -0.1) is 0 Å². The summed E-state index contributed by atoms with van der Waals surface area (Å²) in [4.78, 5) is 27.2. The molecule has 31 heavy (non-hydrogen) atoms. The van der Waals surface area contributed by atoms with Crippen molar-refractivity contribution in [3.05, 3.63) is 62.7 Å². The molecule has 0 saturated heterocycles. The van der Waals surface area contributed by atoms with Crippen molar-refractivity contribution in [2.24, 2.45) is 0 Å². The van der Waals surface area contributed by atoms with Crippen molar-refractivity contribution in [1.82, 2.24) is 10.2 Å². The van der Waals surface area contributed by atoms with Gasteiger partial charge in [0, 0.05) is 22.2 Å². The van der Waals surface area contributed by atoms with E-state index in [2.05, 4.69) is 27.9 Å². The van der Waals surface area contributed by atoms with Crippen molar-refractivity contribution in [2.45, 2.75) is 25.9 Å². The molecule has 7 nitrogen and oxygen atoms in total. The highest BCUT2D eigenvalue weighted by atomic mass is 127. The largest absolute Gasteiger partial charge is 0.357 e. The monoisotopic (exact) mass is 577 g/mol. The minimum atomic E-state index is -3.73. The molecule has 1 atom stereocenters. The van der Waals surface area contributed by atoms with Gasteiger partial charge in [-0.25, -0.2) is 8.42 Å². The van der Waals surface area contributed by atoms with Crippen LogP contribution < -0.4 is 9.62 Å². The van der Waals surface area contributed by atoms with Gasteiger partial charge in [-0.2, -0.15) is 0 Å². The van der Waals surface area contributed by atoms with Crippen LogP contribution in [0.4, 0.5) is 5.69 Å². The van der Waals surface area contributed by atoms with Crippen molar-refractivity contribution in [3.63, 3.8) is 0 Å². The van der Waals surface area contributed by atoms with Crippen molar-refractivity contribution >= 4 is 61.7 Å². The number of likely N-dealkylation sites (N-methyl/N-ethyl adjacent to an activating group) is 1. The molecule has 0 heterocycles. The maximum atomic E-state index is 13.3. The molecule has 168 valence electrons. The quantitative estimate of drug-likeness (QED) is 0.464. The van der Waals surface area contributed by atoms with E-state index in [-0.39, 0.29) is 12.5 Å². The summed E-state index contributed by atoms with van der Waals surface area (Å²) in [5.41, 5.74) is 1.16. The van der Waals surface area contributed by atoms with Crippen LogP contribution in [0.1, 0.15) is 18.9 Å². The second kappa shape index (κ2) is 11.1. The molecule has 0 bridgehead atoms. The number of halogens is 2. The molecule has 2 amide bonds. The summed E-state index contributed by atoms with van der Waals surface area (Å²) in [6.07, 6.45) is 1.43. The van der Waals surface area contributed by atoms with Gasteiger partial charge in [-0.3, -0.25) is 13.9 Å². The van der Waals surface area contributed by atoms with E-state index in [0.29, 0.717) is 17.1 Å². The fraction of sp³-hybridized carbons (Fsp3) is 0.333. The summed E-state index contributed by atoms with van der Waals surface area (Å²) in [5.74, 6) is -0.792. The average molecular weight is 578 g/mol. The van der Waals surface area contributed by atoms with Crippen LogP contribution in [0.5, 0.6) is 0 Å². The predicted molar refractivity (Wildman–Crippen MR) is 131 cm³/mol. The van der Waals surface area contributed by atoms with E-state index in [1.165, 1.54) is 11.9 Å². The molecule has 0 spiro atoms. The number of carbonyl (C=O) groups excluding carboxylic acids is 2. The molecule has 0 aliphatic carbocycles. The minimum absolute atomic E-state index is 0.145. The smallest absolute Gasteiger partial charge is 0.244 e. The Morgan fingerprint density at radius 3 is 2.16 bits per heavy atom. The predicted octanol–water partition coefficient (Wildman–Crippen LogP) is 3.26. The number of anilines is 1. The molecule has 0 aromatic heterocycles. The first-order chi connectivity index (χ1) is 14.6. The van der Waals surface area contributed by atoms with Crippen molar-refractivity contribution in [3.8, 4) is 0 Å². The second-order valence-electron chi connectivity index (χ2n) is 6.93. The molecule has 0 aliphatic heterocycles. The molecule has 0 aliphatic rings. The highest BCUT2D eigenvalue weighted by Gasteiger charge is 2.31. The summed E-state index contributed by atoms with van der Waals surface area (Å²) < 4.78 is 26.9. The fourth-order valence-corrected chi connectivity index (χ4v) is 4.43. The molecule has 0 radical (unpaired) electrons. The Balaban J connectivity index is 2.40. The number of nitrogens with zero attached hydrogens (tertiary/aromatic N) is 2. The molecular weight excluding hydrogens is 553 g/mol. The van der Waals surface area contributed by atoms with Gasteiger partial charge in [-0.1, -0.05) is 30.7 Å². The highest BCUT2D eigenvalue weighted by Crippen LogP contribution is 2.21. The number of nitrogens with one attached hydrogen (secondary N) is 1. The van der Waals surface area contributed by atoms with Crippen LogP contribution in [0.2, 0.25) is 5.02 Å². The number of hydrogen-bond donors (Lipinski definition) is 1. The summed E-state index contributed by atoms with van der Waals surface area (Å²) in [6, 6.07) is 13.0. The van der Waals surface area contributed by atoms with Crippen LogP contribution >= 0.6 is 34.2 Å².